The van der Waals surface area contributed by atoms with Crippen LogP contribution in [0.1, 0.15) is 19.3 Å². The molecule has 0 spiro atoms. The van der Waals surface area contributed by atoms with Crippen molar-refractivity contribution in [2.45, 2.75) is 25.3 Å². The molecule has 1 atom stereocenters. The lowest BCUT2D eigenvalue weighted by atomic mass is 10.1. The normalized spacial score (nSPS) is 19.1. The molecule has 1 amide bonds. The van der Waals surface area contributed by atoms with Gasteiger partial charge in [0.05, 0.1) is 0 Å². The molecule has 2 rings (SSSR count). The number of anilines is 1. The van der Waals surface area contributed by atoms with E-state index in [2.05, 4.69) is 22.6 Å². The van der Waals surface area contributed by atoms with Crippen molar-refractivity contribution in [2.75, 3.05) is 32.0 Å². The van der Waals surface area contributed by atoms with Crippen LogP contribution in [-0.4, -0.2) is 43.5 Å². The molecule has 4 nitrogen and oxygen atoms in total. The quantitative estimate of drug-likeness (QED) is 0.876. The first-order chi connectivity index (χ1) is 9.65. The Hall–Kier alpha value is -1.10. The molecular weight excluding hydrogens is 274 g/mol. The van der Waals surface area contributed by atoms with E-state index in [-0.39, 0.29) is 5.91 Å². The number of carbonyl (C=O) groups is 1. The molecule has 1 fully saturated rings. The molecule has 2 N–H and O–H groups in total. The summed E-state index contributed by atoms with van der Waals surface area (Å²) in [6, 6.07) is 7.77. The lowest BCUT2D eigenvalue weighted by Gasteiger charge is -2.31. The van der Waals surface area contributed by atoms with E-state index in [0.717, 1.165) is 25.3 Å². The first kappa shape index (κ1) is 15.3. The molecule has 1 unspecified atom stereocenters. The minimum absolute atomic E-state index is 0.0304. The third-order valence-corrected chi connectivity index (χ3v) is 3.93. The zero-order valence-corrected chi connectivity index (χ0v) is 12.6. The molecule has 1 heterocycles. The van der Waals surface area contributed by atoms with E-state index in [1.165, 1.54) is 12.8 Å². The average Bonchev–Trinajstić information content (AvgIpc) is 2.46. The maximum absolute atomic E-state index is 11.9. The largest absolute Gasteiger partial charge is 0.326 e. The van der Waals surface area contributed by atoms with E-state index in [1.807, 2.05) is 12.1 Å². The van der Waals surface area contributed by atoms with Crippen LogP contribution in [0.15, 0.2) is 24.3 Å². The van der Waals surface area contributed by atoms with E-state index in [1.54, 1.807) is 12.1 Å². The molecule has 0 radical (unpaired) electrons. The summed E-state index contributed by atoms with van der Waals surface area (Å²) in [5.74, 6) is 0.0304. The summed E-state index contributed by atoms with van der Waals surface area (Å²) in [7, 11) is 2.09. The predicted molar refractivity (Wildman–Crippen MR) is 83.2 cm³/mol. The van der Waals surface area contributed by atoms with Crippen molar-refractivity contribution in [2.24, 2.45) is 0 Å². The van der Waals surface area contributed by atoms with E-state index >= 15 is 0 Å². The van der Waals surface area contributed by atoms with E-state index in [0.29, 0.717) is 17.5 Å². The standard InChI is InChI=1S/C15H22ClN3O/c1-19(14-6-3-8-17-11-14)9-7-15(20)18-13-5-2-4-12(16)10-13/h2,4-5,10,14,17H,3,6-9,11H2,1H3,(H,18,20). The summed E-state index contributed by atoms with van der Waals surface area (Å²) >= 11 is 5.89. The molecule has 1 aromatic rings. The fraction of sp³-hybridized carbons (Fsp3) is 0.533. The van der Waals surface area contributed by atoms with Crippen LogP contribution in [0.3, 0.4) is 0 Å². The Labute approximate surface area is 125 Å². The second kappa shape index (κ2) is 7.62. The van der Waals surface area contributed by atoms with Gasteiger partial charge >= 0.3 is 0 Å². The number of rotatable bonds is 5. The number of piperidine rings is 1. The van der Waals surface area contributed by atoms with Crippen LogP contribution in [0, 0.1) is 0 Å². The number of likely N-dealkylation sites (N-methyl/N-ethyl adjacent to an activating group) is 1. The van der Waals surface area contributed by atoms with Gasteiger partial charge in [0.15, 0.2) is 0 Å². The Balaban J connectivity index is 1.74. The van der Waals surface area contributed by atoms with Crippen molar-refractivity contribution in [1.82, 2.24) is 10.2 Å². The van der Waals surface area contributed by atoms with Crippen molar-refractivity contribution in [3.63, 3.8) is 0 Å². The summed E-state index contributed by atoms with van der Waals surface area (Å²) < 4.78 is 0. The number of nitrogens with zero attached hydrogens (tertiary/aromatic N) is 1. The number of halogens is 1. The van der Waals surface area contributed by atoms with Gasteiger partial charge in [0.25, 0.3) is 0 Å². The smallest absolute Gasteiger partial charge is 0.225 e. The van der Waals surface area contributed by atoms with Gasteiger partial charge in [-0.25, -0.2) is 0 Å². The van der Waals surface area contributed by atoms with Crippen LogP contribution in [0.5, 0.6) is 0 Å². The van der Waals surface area contributed by atoms with Gasteiger partial charge in [0, 0.05) is 36.3 Å². The van der Waals surface area contributed by atoms with Crippen LogP contribution < -0.4 is 10.6 Å². The van der Waals surface area contributed by atoms with Gasteiger partial charge in [-0.15, -0.1) is 0 Å². The number of carbonyl (C=O) groups excluding carboxylic acids is 1. The molecule has 0 aromatic heterocycles. The second-order valence-corrected chi connectivity index (χ2v) is 5.73. The minimum atomic E-state index is 0.0304. The van der Waals surface area contributed by atoms with Crippen molar-refractivity contribution in [3.8, 4) is 0 Å². The molecular formula is C15H22ClN3O. The number of hydrogen-bond donors (Lipinski definition) is 2. The van der Waals surface area contributed by atoms with Gasteiger partial charge in [-0.1, -0.05) is 17.7 Å². The number of hydrogen-bond acceptors (Lipinski definition) is 3. The van der Waals surface area contributed by atoms with Gasteiger partial charge < -0.3 is 15.5 Å². The van der Waals surface area contributed by atoms with Gasteiger partial charge in [0.2, 0.25) is 5.91 Å². The Morgan fingerprint density at radius 3 is 3.10 bits per heavy atom. The zero-order chi connectivity index (χ0) is 14.4. The first-order valence-electron chi connectivity index (χ1n) is 7.11. The predicted octanol–water partition coefficient (Wildman–Crippen LogP) is 2.35. The summed E-state index contributed by atoms with van der Waals surface area (Å²) in [5.41, 5.74) is 0.754. The van der Waals surface area contributed by atoms with E-state index in [4.69, 9.17) is 11.6 Å². The highest BCUT2D eigenvalue weighted by atomic mass is 35.5. The molecule has 1 aliphatic rings. The Bertz CT molecular complexity index is 446. The molecule has 0 saturated carbocycles. The van der Waals surface area contributed by atoms with Gasteiger partial charge in [0.1, 0.15) is 0 Å². The molecule has 0 bridgehead atoms. The Morgan fingerprint density at radius 2 is 2.40 bits per heavy atom. The Morgan fingerprint density at radius 1 is 1.55 bits per heavy atom. The fourth-order valence-electron chi connectivity index (χ4n) is 2.46. The van der Waals surface area contributed by atoms with Crippen molar-refractivity contribution < 1.29 is 4.79 Å². The Kier molecular flexibility index (Phi) is 5.83. The van der Waals surface area contributed by atoms with Gasteiger partial charge in [-0.3, -0.25) is 4.79 Å². The third kappa shape index (κ3) is 4.78. The highest BCUT2D eigenvalue weighted by Crippen LogP contribution is 2.15. The van der Waals surface area contributed by atoms with Crippen molar-refractivity contribution in [3.05, 3.63) is 29.3 Å². The maximum Gasteiger partial charge on any atom is 0.225 e. The zero-order valence-electron chi connectivity index (χ0n) is 11.9. The van der Waals surface area contributed by atoms with Crippen LogP contribution in [-0.2, 0) is 4.79 Å². The monoisotopic (exact) mass is 295 g/mol. The van der Waals surface area contributed by atoms with E-state index < -0.39 is 0 Å². The molecule has 1 aliphatic heterocycles. The lowest BCUT2D eigenvalue weighted by Crippen LogP contribution is -2.44. The van der Waals surface area contributed by atoms with Crippen molar-refractivity contribution >= 4 is 23.2 Å². The highest BCUT2D eigenvalue weighted by molar-refractivity contribution is 6.30. The second-order valence-electron chi connectivity index (χ2n) is 5.29. The topological polar surface area (TPSA) is 44.4 Å². The van der Waals surface area contributed by atoms with Crippen LogP contribution >= 0.6 is 11.6 Å². The summed E-state index contributed by atoms with van der Waals surface area (Å²) in [6.45, 7) is 2.91. The van der Waals surface area contributed by atoms with E-state index in [9.17, 15) is 4.79 Å². The fourth-order valence-corrected chi connectivity index (χ4v) is 2.65. The lowest BCUT2D eigenvalue weighted by molar-refractivity contribution is -0.116. The first-order valence-corrected chi connectivity index (χ1v) is 7.49. The highest BCUT2D eigenvalue weighted by Gasteiger charge is 2.18. The van der Waals surface area contributed by atoms with Gasteiger partial charge in [-0.2, -0.15) is 0 Å². The van der Waals surface area contributed by atoms with Crippen LogP contribution in [0.2, 0.25) is 5.02 Å². The number of nitrogens with one attached hydrogen (secondary N) is 2. The molecule has 1 aromatic carbocycles. The number of benzene rings is 1. The molecule has 5 heteroatoms. The molecule has 20 heavy (non-hydrogen) atoms. The van der Waals surface area contributed by atoms with Crippen LogP contribution in [0.25, 0.3) is 0 Å². The van der Waals surface area contributed by atoms with Gasteiger partial charge in [-0.05, 0) is 44.6 Å². The average molecular weight is 296 g/mol. The SMILES string of the molecule is CN(CCC(=O)Nc1cccc(Cl)c1)C1CCCNC1. The molecule has 1 saturated heterocycles. The summed E-state index contributed by atoms with van der Waals surface area (Å²) in [5, 5.41) is 6.90. The third-order valence-electron chi connectivity index (χ3n) is 3.69. The van der Waals surface area contributed by atoms with Crippen molar-refractivity contribution in [1.29, 1.82) is 0 Å². The number of amides is 1. The molecule has 0 aliphatic carbocycles. The maximum atomic E-state index is 11.9. The minimum Gasteiger partial charge on any atom is -0.326 e. The summed E-state index contributed by atoms with van der Waals surface area (Å²) in [4.78, 5) is 14.2. The summed E-state index contributed by atoms with van der Waals surface area (Å²) in [6.07, 6.45) is 2.92. The molecule has 110 valence electrons. The van der Waals surface area contributed by atoms with Crippen LogP contribution in [0.4, 0.5) is 5.69 Å².